The molecule has 0 fully saturated rings. The minimum Gasteiger partial charge on any atom is -0.496 e. The zero-order valence-corrected chi connectivity index (χ0v) is 17.9. The number of nitro benzene ring substituents is 1. The summed E-state index contributed by atoms with van der Waals surface area (Å²) in [5, 5.41) is 13.9. The van der Waals surface area contributed by atoms with Crippen LogP contribution in [0.15, 0.2) is 54.6 Å². The van der Waals surface area contributed by atoms with Gasteiger partial charge in [-0.05, 0) is 68.3 Å². The first-order chi connectivity index (χ1) is 14.8. The Labute approximate surface area is 180 Å². The number of carbonyl (C=O) groups is 1. The lowest BCUT2D eigenvalue weighted by molar-refractivity contribution is -0.385. The Morgan fingerprint density at radius 3 is 2.39 bits per heavy atom. The van der Waals surface area contributed by atoms with Gasteiger partial charge in [0.15, 0.2) is 0 Å². The first-order valence-corrected chi connectivity index (χ1v) is 9.72. The molecular formula is C24H24N2O5. The molecule has 0 atom stereocenters. The Kier molecular flexibility index (Phi) is 6.55. The summed E-state index contributed by atoms with van der Waals surface area (Å²) >= 11 is 0. The molecule has 3 aromatic rings. The summed E-state index contributed by atoms with van der Waals surface area (Å²) in [4.78, 5) is 23.5. The Morgan fingerprint density at radius 1 is 1.03 bits per heavy atom. The van der Waals surface area contributed by atoms with Crippen LogP contribution in [0.1, 0.15) is 32.6 Å². The van der Waals surface area contributed by atoms with E-state index in [9.17, 15) is 14.9 Å². The lowest BCUT2D eigenvalue weighted by atomic mass is 10.1. The van der Waals surface area contributed by atoms with E-state index in [1.165, 1.54) is 12.1 Å². The second kappa shape index (κ2) is 9.30. The quantitative estimate of drug-likeness (QED) is 0.410. The maximum absolute atomic E-state index is 12.8. The van der Waals surface area contributed by atoms with Gasteiger partial charge in [0.05, 0.1) is 23.3 Å². The lowest BCUT2D eigenvalue weighted by Gasteiger charge is -2.14. The molecule has 0 aromatic heterocycles. The summed E-state index contributed by atoms with van der Waals surface area (Å²) in [5.74, 6) is 0.966. The predicted octanol–water partition coefficient (Wildman–Crippen LogP) is 5.36. The average Bonchev–Trinajstić information content (AvgIpc) is 2.72. The molecule has 31 heavy (non-hydrogen) atoms. The molecular weight excluding hydrogens is 396 g/mol. The number of nitrogens with one attached hydrogen (secondary N) is 1. The standard InChI is InChI=1S/C24H24N2O5/c1-15-10-16(2)12-20(11-15)31-14-19-13-18(8-9-23(19)30-4)24(27)25-21-6-5-7-22(17(21)3)26(28)29/h5-13H,14H2,1-4H3,(H,25,27). The van der Waals surface area contributed by atoms with Gasteiger partial charge >= 0.3 is 0 Å². The highest BCUT2D eigenvalue weighted by atomic mass is 16.6. The van der Waals surface area contributed by atoms with Crippen molar-refractivity contribution in [2.75, 3.05) is 12.4 Å². The zero-order chi connectivity index (χ0) is 22.5. The van der Waals surface area contributed by atoms with Crippen LogP contribution in [0.25, 0.3) is 0 Å². The second-order valence-electron chi connectivity index (χ2n) is 7.30. The van der Waals surface area contributed by atoms with Crippen LogP contribution in [0.5, 0.6) is 11.5 Å². The van der Waals surface area contributed by atoms with Gasteiger partial charge in [0.1, 0.15) is 18.1 Å². The molecule has 3 aromatic carbocycles. The third kappa shape index (κ3) is 5.19. The van der Waals surface area contributed by atoms with E-state index in [0.29, 0.717) is 28.1 Å². The number of benzene rings is 3. The van der Waals surface area contributed by atoms with Crippen molar-refractivity contribution in [3.8, 4) is 11.5 Å². The van der Waals surface area contributed by atoms with Gasteiger partial charge in [0.25, 0.3) is 11.6 Å². The zero-order valence-electron chi connectivity index (χ0n) is 17.9. The monoisotopic (exact) mass is 420 g/mol. The molecule has 3 rings (SSSR count). The summed E-state index contributed by atoms with van der Waals surface area (Å²) in [6, 6.07) is 15.6. The smallest absolute Gasteiger partial charge is 0.274 e. The first-order valence-electron chi connectivity index (χ1n) is 9.72. The highest BCUT2D eigenvalue weighted by Crippen LogP contribution is 2.27. The highest BCUT2D eigenvalue weighted by molar-refractivity contribution is 6.05. The van der Waals surface area contributed by atoms with E-state index < -0.39 is 4.92 Å². The molecule has 160 valence electrons. The third-order valence-electron chi connectivity index (χ3n) is 4.88. The Morgan fingerprint density at radius 2 is 1.74 bits per heavy atom. The van der Waals surface area contributed by atoms with Crippen LogP contribution >= 0.6 is 0 Å². The molecule has 0 spiro atoms. The molecule has 0 saturated heterocycles. The van der Waals surface area contributed by atoms with E-state index in [2.05, 4.69) is 11.4 Å². The van der Waals surface area contributed by atoms with Gasteiger partial charge in [-0.2, -0.15) is 0 Å². The van der Waals surface area contributed by atoms with Gasteiger partial charge in [-0.25, -0.2) is 0 Å². The molecule has 0 bridgehead atoms. The summed E-state index contributed by atoms with van der Waals surface area (Å²) in [7, 11) is 1.56. The van der Waals surface area contributed by atoms with Crippen LogP contribution in [0.4, 0.5) is 11.4 Å². The second-order valence-corrected chi connectivity index (χ2v) is 7.30. The van der Waals surface area contributed by atoms with Crippen molar-refractivity contribution in [2.45, 2.75) is 27.4 Å². The Balaban J connectivity index is 1.82. The molecule has 7 heteroatoms. The molecule has 1 amide bonds. The van der Waals surface area contributed by atoms with Gasteiger partial charge in [-0.15, -0.1) is 0 Å². The summed E-state index contributed by atoms with van der Waals surface area (Å²) in [5.41, 5.74) is 4.05. The largest absolute Gasteiger partial charge is 0.496 e. The number of hydrogen-bond acceptors (Lipinski definition) is 5. The van der Waals surface area contributed by atoms with Gasteiger partial charge in [0.2, 0.25) is 0 Å². The number of anilines is 1. The van der Waals surface area contributed by atoms with Crippen LogP contribution in [-0.2, 0) is 6.61 Å². The first kappa shape index (κ1) is 21.8. The summed E-state index contributed by atoms with van der Waals surface area (Å²) in [6.07, 6.45) is 0. The molecule has 1 N–H and O–H groups in total. The minimum absolute atomic E-state index is 0.0462. The van der Waals surface area contributed by atoms with Crippen LogP contribution in [0, 0.1) is 30.9 Å². The number of nitro groups is 1. The molecule has 0 aliphatic carbocycles. The average molecular weight is 420 g/mol. The molecule has 0 saturated carbocycles. The number of rotatable bonds is 7. The van der Waals surface area contributed by atoms with E-state index in [-0.39, 0.29) is 18.2 Å². The summed E-state index contributed by atoms with van der Waals surface area (Å²) < 4.78 is 11.3. The van der Waals surface area contributed by atoms with E-state index in [1.54, 1.807) is 38.3 Å². The fourth-order valence-corrected chi connectivity index (χ4v) is 3.36. The van der Waals surface area contributed by atoms with Crippen molar-refractivity contribution >= 4 is 17.3 Å². The molecule has 0 heterocycles. The molecule has 0 radical (unpaired) electrons. The number of aryl methyl sites for hydroxylation is 2. The topological polar surface area (TPSA) is 90.7 Å². The molecule has 7 nitrogen and oxygen atoms in total. The SMILES string of the molecule is COc1ccc(C(=O)Nc2cccc([N+](=O)[O-])c2C)cc1COc1cc(C)cc(C)c1. The van der Waals surface area contributed by atoms with Crippen LogP contribution in [-0.4, -0.2) is 17.9 Å². The van der Waals surface area contributed by atoms with Gasteiger partial charge in [-0.3, -0.25) is 14.9 Å². The van der Waals surface area contributed by atoms with Gasteiger partial charge in [0, 0.05) is 17.2 Å². The Hall–Kier alpha value is -3.87. The van der Waals surface area contributed by atoms with Gasteiger partial charge < -0.3 is 14.8 Å². The highest BCUT2D eigenvalue weighted by Gasteiger charge is 2.17. The Bertz CT molecular complexity index is 1120. The fraction of sp³-hybridized carbons (Fsp3) is 0.208. The van der Waals surface area contributed by atoms with Crippen molar-refractivity contribution in [3.05, 3.63) is 92.5 Å². The number of nitrogens with zero attached hydrogens (tertiary/aromatic N) is 1. The number of amides is 1. The molecule has 0 aliphatic heterocycles. The van der Waals surface area contributed by atoms with Crippen LogP contribution < -0.4 is 14.8 Å². The van der Waals surface area contributed by atoms with E-state index >= 15 is 0 Å². The van der Waals surface area contributed by atoms with Crippen molar-refractivity contribution in [1.82, 2.24) is 0 Å². The number of hydrogen-bond donors (Lipinski definition) is 1. The van der Waals surface area contributed by atoms with Crippen molar-refractivity contribution in [2.24, 2.45) is 0 Å². The molecule has 0 unspecified atom stereocenters. The maximum atomic E-state index is 12.8. The van der Waals surface area contributed by atoms with Crippen LogP contribution in [0.3, 0.4) is 0 Å². The number of methoxy groups -OCH3 is 1. The fourth-order valence-electron chi connectivity index (χ4n) is 3.36. The maximum Gasteiger partial charge on any atom is 0.274 e. The summed E-state index contributed by atoms with van der Waals surface area (Å²) in [6.45, 7) is 5.83. The third-order valence-corrected chi connectivity index (χ3v) is 4.88. The minimum atomic E-state index is -0.471. The normalized spacial score (nSPS) is 10.5. The lowest BCUT2D eigenvalue weighted by Crippen LogP contribution is -2.14. The van der Waals surface area contributed by atoms with Crippen LogP contribution in [0.2, 0.25) is 0 Å². The molecule has 0 aliphatic rings. The van der Waals surface area contributed by atoms with E-state index in [4.69, 9.17) is 9.47 Å². The van der Waals surface area contributed by atoms with E-state index in [0.717, 1.165) is 16.9 Å². The number of ether oxygens (including phenoxy) is 2. The van der Waals surface area contributed by atoms with E-state index in [1.807, 2.05) is 26.0 Å². The van der Waals surface area contributed by atoms with Crippen molar-refractivity contribution in [1.29, 1.82) is 0 Å². The predicted molar refractivity (Wildman–Crippen MR) is 119 cm³/mol. The number of carbonyl (C=O) groups excluding carboxylic acids is 1. The van der Waals surface area contributed by atoms with Crippen molar-refractivity contribution < 1.29 is 19.2 Å². The van der Waals surface area contributed by atoms with Crippen molar-refractivity contribution in [3.63, 3.8) is 0 Å². The van der Waals surface area contributed by atoms with Gasteiger partial charge in [-0.1, -0.05) is 12.1 Å².